The van der Waals surface area contributed by atoms with E-state index >= 15 is 0 Å². The van der Waals surface area contributed by atoms with Crippen LogP contribution in [0.2, 0.25) is 0 Å². The number of rotatable bonds is 8. The smallest absolute Gasteiger partial charge is 0.387 e. The van der Waals surface area contributed by atoms with Gasteiger partial charge in [-0.15, -0.1) is 0 Å². The summed E-state index contributed by atoms with van der Waals surface area (Å²) in [6.45, 7) is 0. The summed E-state index contributed by atoms with van der Waals surface area (Å²) in [6.07, 6.45) is -0.207. The van der Waals surface area contributed by atoms with Crippen LogP contribution < -0.4 is 9.47 Å². The Labute approximate surface area is 221 Å². The van der Waals surface area contributed by atoms with Crippen molar-refractivity contribution in [1.82, 2.24) is 0 Å². The van der Waals surface area contributed by atoms with Crippen molar-refractivity contribution in [2.24, 2.45) is 0 Å². The number of carbonyl (C=O) groups excluding carboxylic acids is 6. The maximum absolute atomic E-state index is 11.8. The molecule has 0 unspecified atom stereocenters. The van der Waals surface area contributed by atoms with Gasteiger partial charge < -0.3 is 9.47 Å². The number of carbonyl (C=O) groups is 6. The molecule has 0 saturated carbocycles. The molecule has 0 fully saturated rings. The molecule has 5 rings (SSSR count). The minimum Gasteiger partial charge on any atom is -0.420 e. The largest absolute Gasteiger partial charge is 0.420 e. The van der Waals surface area contributed by atoms with E-state index in [-0.39, 0.29) is 24.1 Å². The van der Waals surface area contributed by atoms with Gasteiger partial charge in [-0.05, 0) is 57.6 Å². The molecule has 1 aliphatic rings. The maximum atomic E-state index is 11.8. The number of hydrogen-bond acceptors (Lipinski definition) is 8. The van der Waals surface area contributed by atoms with Crippen LogP contribution in [0.5, 0.6) is 11.5 Å². The Balaban J connectivity index is 1.65. The second-order valence-electron chi connectivity index (χ2n) is 8.63. The first-order chi connectivity index (χ1) is 18.9. The molecule has 190 valence electrons. The number of Topliss-reactive ketones (excluding diaryl/α,β-unsaturated/α-hetero) is 2. The predicted molar refractivity (Wildman–Crippen MR) is 137 cm³/mol. The number of aldehydes is 2. The maximum Gasteiger partial charge on any atom is 0.387 e. The molecule has 4 aromatic carbocycles. The van der Waals surface area contributed by atoms with Crippen molar-refractivity contribution in [3.63, 3.8) is 0 Å². The SMILES string of the molecule is O=CC(=O)C(=O)Oc1ccc(C2(c3ccc(OC(=O)C(=O)C=O)cc3)c3ccccc3-c3ccccc32)cc1. The van der Waals surface area contributed by atoms with Crippen molar-refractivity contribution in [2.45, 2.75) is 5.41 Å². The van der Waals surface area contributed by atoms with Crippen LogP contribution in [0.1, 0.15) is 22.3 Å². The van der Waals surface area contributed by atoms with Gasteiger partial charge >= 0.3 is 23.5 Å². The van der Waals surface area contributed by atoms with E-state index < -0.39 is 28.9 Å². The molecule has 39 heavy (non-hydrogen) atoms. The number of esters is 2. The van der Waals surface area contributed by atoms with Crippen LogP contribution in [0.15, 0.2) is 97.1 Å². The summed E-state index contributed by atoms with van der Waals surface area (Å²) in [7, 11) is 0. The van der Waals surface area contributed by atoms with Crippen molar-refractivity contribution in [1.29, 1.82) is 0 Å². The lowest BCUT2D eigenvalue weighted by molar-refractivity contribution is -0.148. The molecular formula is C31H18O8. The van der Waals surface area contributed by atoms with Gasteiger partial charge in [-0.25, -0.2) is 9.59 Å². The Morgan fingerprint density at radius 2 is 0.872 bits per heavy atom. The van der Waals surface area contributed by atoms with Gasteiger partial charge in [-0.1, -0.05) is 72.8 Å². The van der Waals surface area contributed by atoms with Crippen LogP contribution in [0, 0.1) is 0 Å². The minimum atomic E-state index is -1.29. The molecule has 0 atom stereocenters. The van der Waals surface area contributed by atoms with Gasteiger partial charge in [0.2, 0.25) is 0 Å². The third kappa shape index (κ3) is 4.23. The van der Waals surface area contributed by atoms with Crippen molar-refractivity contribution < 1.29 is 38.2 Å². The van der Waals surface area contributed by atoms with E-state index in [2.05, 4.69) is 0 Å². The van der Waals surface area contributed by atoms with Gasteiger partial charge in [-0.2, -0.15) is 0 Å². The molecule has 8 heteroatoms. The zero-order chi connectivity index (χ0) is 27.6. The highest BCUT2D eigenvalue weighted by Gasteiger charge is 2.45. The third-order valence-electron chi connectivity index (χ3n) is 6.56. The molecule has 0 N–H and O–H groups in total. The Kier molecular flexibility index (Phi) is 6.52. The van der Waals surface area contributed by atoms with Gasteiger partial charge in [0, 0.05) is 0 Å². The molecule has 0 amide bonds. The normalized spacial score (nSPS) is 12.4. The zero-order valence-electron chi connectivity index (χ0n) is 20.2. The number of ketones is 2. The van der Waals surface area contributed by atoms with Gasteiger partial charge in [0.25, 0.3) is 0 Å². The quantitative estimate of drug-likeness (QED) is 0.101. The topological polar surface area (TPSA) is 121 Å². The first-order valence-corrected chi connectivity index (χ1v) is 11.7. The van der Waals surface area contributed by atoms with Gasteiger partial charge in [0.15, 0.2) is 12.6 Å². The fourth-order valence-corrected chi connectivity index (χ4v) is 4.98. The van der Waals surface area contributed by atoms with Crippen LogP contribution in [0.25, 0.3) is 11.1 Å². The van der Waals surface area contributed by atoms with Crippen LogP contribution in [0.4, 0.5) is 0 Å². The standard InChI is InChI=1S/C31H18O8/c32-17-27(34)29(36)38-21-13-9-19(10-14-21)31(20-11-15-22(16-12-20)39-30(37)28(35)18-33)25-7-3-1-5-23(25)24-6-2-4-8-26(24)31/h1-18H. The predicted octanol–water partition coefficient (Wildman–Crippen LogP) is 3.40. The molecule has 0 saturated heterocycles. The first-order valence-electron chi connectivity index (χ1n) is 11.7. The van der Waals surface area contributed by atoms with Crippen LogP contribution in [0.3, 0.4) is 0 Å². The highest BCUT2D eigenvalue weighted by Crippen LogP contribution is 2.56. The fourth-order valence-electron chi connectivity index (χ4n) is 4.98. The van der Waals surface area contributed by atoms with Crippen LogP contribution in [-0.4, -0.2) is 36.1 Å². The minimum absolute atomic E-state index is 0.0933. The molecule has 0 radical (unpaired) electrons. The summed E-state index contributed by atoms with van der Waals surface area (Å²) in [4.78, 5) is 67.5. The van der Waals surface area contributed by atoms with Gasteiger partial charge in [0.05, 0.1) is 5.41 Å². The van der Waals surface area contributed by atoms with Gasteiger partial charge in [-0.3, -0.25) is 19.2 Å². The summed E-state index contributed by atoms with van der Waals surface area (Å²) >= 11 is 0. The number of hydrogen-bond donors (Lipinski definition) is 0. The van der Waals surface area contributed by atoms with E-state index in [1.807, 2.05) is 48.5 Å². The van der Waals surface area contributed by atoms with Crippen LogP contribution >= 0.6 is 0 Å². The lowest BCUT2D eigenvalue weighted by Crippen LogP contribution is -2.28. The Hall–Kier alpha value is -5.50. The third-order valence-corrected chi connectivity index (χ3v) is 6.56. The Bertz CT molecular complexity index is 1520. The van der Waals surface area contributed by atoms with E-state index in [4.69, 9.17) is 9.47 Å². The summed E-state index contributed by atoms with van der Waals surface area (Å²) in [5.74, 6) is -4.94. The highest BCUT2D eigenvalue weighted by atomic mass is 16.5. The molecule has 0 heterocycles. The van der Waals surface area contributed by atoms with Crippen molar-refractivity contribution in [3.8, 4) is 22.6 Å². The molecule has 0 spiro atoms. The van der Waals surface area contributed by atoms with E-state index in [0.717, 1.165) is 33.4 Å². The van der Waals surface area contributed by atoms with Crippen molar-refractivity contribution >= 4 is 36.1 Å². The average Bonchev–Trinajstić information content (AvgIpc) is 3.28. The molecule has 0 bridgehead atoms. The fraction of sp³-hybridized carbons (Fsp3) is 0.0323. The average molecular weight is 518 g/mol. The van der Waals surface area contributed by atoms with Gasteiger partial charge in [0.1, 0.15) is 11.5 Å². The van der Waals surface area contributed by atoms with Crippen molar-refractivity contribution in [2.75, 3.05) is 0 Å². The number of ether oxygens (including phenoxy) is 2. The van der Waals surface area contributed by atoms with E-state index in [9.17, 15) is 28.8 Å². The molecular weight excluding hydrogens is 500 g/mol. The summed E-state index contributed by atoms with van der Waals surface area (Å²) in [5, 5.41) is 0. The Morgan fingerprint density at radius 1 is 0.513 bits per heavy atom. The summed E-state index contributed by atoms with van der Waals surface area (Å²) in [6, 6.07) is 29.1. The lowest BCUT2D eigenvalue weighted by atomic mass is 9.68. The van der Waals surface area contributed by atoms with E-state index in [0.29, 0.717) is 0 Å². The monoisotopic (exact) mass is 518 g/mol. The highest BCUT2D eigenvalue weighted by molar-refractivity contribution is 6.56. The van der Waals surface area contributed by atoms with Crippen molar-refractivity contribution in [3.05, 3.63) is 119 Å². The Morgan fingerprint density at radius 3 is 1.23 bits per heavy atom. The molecule has 8 nitrogen and oxygen atoms in total. The molecule has 1 aliphatic carbocycles. The molecule has 0 aliphatic heterocycles. The zero-order valence-corrected chi connectivity index (χ0v) is 20.2. The second kappa shape index (κ2) is 10.1. The molecule has 0 aromatic heterocycles. The number of fused-ring (bicyclic) bond motifs is 3. The first kappa shape index (κ1) is 25.2. The molecule has 4 aromatic rings. The summed E-state index contributed by atoms with van der Waals surface area (Å²) < 4.78 is 10.0. The summed E-state index contributed by atoms with van der Waals surface area (Å²) in [5.41, 5.74) is 4.78. The second-order valence-corrected chi connectivity index (χ2v) is 8.63. The van der Waals surface area contributed by atoms with E-state index in [1.54, 1.807) is 24.3 Å². The van der Waals surface area contributed by atoms with E-state index in [1.165, 1.54) is 24.3 Å². The lowest BCUT2D eigenvalue weighted by Gasteiger charge is -2.34. The number of benzene rings is 4. The van der Waals surface area contributed by atoms with Crippen LogP contribution in [-0.2, 0) is 34.2 Å².